The highest BCUT2D eigenvalue weighted by atomic mass is 32.2. The third-order valence-corrected chi connectivity index (χ3v) is 5.90. The lowest BCUT2D eigenvalue weighted by Crippen LogP contribution is -2.45. The first kappa shape index (κ1) is 15.9. The van der Waals surface area contributed by atoms with E-state index in [1.807, 2.05) is 0 Å². The highest BCUT2D eigenvalue weighted by Gasteiger charge is 2.31. The van der Waals surface area contributed by atoms with E-state index in [1.165, 1.54) is 16.4 Å². The van der Waals surface area contributed by atoms with E-state index in [0.717, 1.165) is 12.8 Å². The van der Waals surface area contributed by atoms with Gasteiger partial charge in [0.05, 0.1) is 10.5 Å². The van der Waals surface area contributed by atoms with Crippen LogP contribution >= 0.6 is 0 Å². The number of rotatable bonds is 3. The predicted octanol–water partition coefficient (Wildman–Crippen LogP) is 1.11. The van der Waals surface area contributed by atoms with Crippen LogP contribution in [-0.4, -0.2) is 42.9 Å². The quantitative estimate of drug-likeness (QED) is 0.871. The second-order valence-electron chi connectivity index (χ2n) is 5.49. The molecular weight excluding hydrogens is 292 g/mol. The van der Waals surface area contributed by atoms with Crippen molar-refractivity contribution in [3.63, 3.8) is 0 Å². The molecule has 0 aliphatic carbocycles. The third-order valence-electron chi connectivity index (χ3n) is 3.91. The molecule has 1 aromatic carbocycles. The fourth-order valence-electron chi connectivity index (χ4n) is 2.55. The molecule has 1 heterocycles. The maximum Gasteiger partial charge on any atom is 0.335 e. The first-order chi connectivity index (χ1) is 9.73. The summed E-state index contributed by atoms with van der Waals surface area (Å²) < 4.78 is 26.9. The number of hydrogen-bond acceptors (Lipinski definition) is 4. The zero-order valence-electron chi connectivity index (χ0n) is 12.2. The van der Waals surface area contributed by atoms with Crippen LogP contribution < -0.4 is 5.73 Å². The highest BCUT2D eigenvalue weighted by molar-refractivity contribution is 7.89. The summed E-state index contributed by atoms with van der Waals surface area (Å²) in [6, 6.07) is 2.55. The summed E-state index contributed by atoms with van der Waals surface area (Å²) >= 11 is 0. The van der Waals surface area contributed by atoms with Crippen molar-refractivity contribution >= 4 is 16.0 Å². The van der Waals surface area contributed by atoms with Crippen molar-refractivity contribution in [1.29, 1.82) is 0 Å². The molecule has 3 N–H and O–H groups in total. The minimum atomic E-state index is -3.71. The standard InChI is InChI=1S/C14H20N2O4S/c1-9-6-11(14(17)18)7-13(10(9)2)21(19,20)16-5-3-4-12(15)8-16/h6-7,12H,3-5,8,15H2,1-2H3,(H,17,18). The number of carbonyl (C=O) groups is 1. The molecule has 0 amide bonds. The molecule has 1 aromatic rings. The molecule has 1 aliphatic rings. The summed E-state index contributed by atoms with van der Waals surface area (Å²) in [5.74, 6) is -1.13. The minimum Gasteiger partial charge on any atom is -0.478 e. The second-order valence-corrected chi connectivity index (χ2v) is 7.39. The summed E-state index contributed by atoms with van der Waals surface area (Å²) in [7, 11) is -3.71. The predicted molar refractivity (Wildman–Crippen MR) is 78.8 cm³/mol. The van der Waals surface area contributed by atoms with Crippen LogP contribution in [-0.2, 0) is 10.0 Å². The van der Waals surface area contributed by atoms with Gasteiger partial charge in [0.2, 0.25) is 10.0 Å². The fourth-order valence-corrected chi connectivity index (χ4v) is 4.41. The number of carboxylic acid groups (broad SMARTS) is 1. The van der Waals surface area contributed by atoms with Gasteiger partial charge in [-0.1, -0.05) is 0 Å². The Balaban J connectivity index is 2.51. The minimum absolute atomic E-state index is 0.0158. The number of benzene rings is 1. The molecule has 21 heavy (non-hydrogen) atoms. The van der Waals surface area contributed by atoms with E-state index in [4.69, 9.17) is 10.8 Å². The Hall–Kier alpha value is -1.44. The summed E-state index contributed by atoms with van der Waals surface area (Å²) in [4.78, 5) is 11.2. The van der Waals surface area contributed by atoms with E-state index < -0.39 is 16.0 Å². The monoisotopic (exact) mass is 312 g/mol. The van der Waals surface area contributed by atoms with Crippen LogP contribution in [0.2, 0.25) is 0 Å². The summed E-state index contributed by atoms with van der Waals surface area (Å²) in [6.45, 7) is 4.10. The van der Waals surface area contributed by atoms with Gasteiger partial charge in [0.15, 0.2) is 0 Å². The van der Waals surface area contributed by atoms with Gasteiger partial charge in [0, 0.05) is 19.1 Å². The van der Waals surface area contributed by atoms with E-state index in [-0.39, 0.29) is 23.0 Å². The molecule has 116 valence electrons. The van der Waals surface area contributed by atoms with Crippen LogP contribution in [0.4, 0.5) is 0 Å². The van der Waals surface area contributed by atoms with Gasteiger partial charge in [0.1, 0.15) is 0 Å². The molecule has 0 saturated carbocycles. The molecule has 0 spiro atoms. The number of nitrogens with zero attached hydrogens (tertiary/aromatic N) is 1. The van der Waals surface area contributed by atoms with Gasteiger partial charge in [-0.3, -0.25) is 0 Å². The Morgan fingerprint density at radius 1 is 1.38 bits per heavy atom. The van der Waals surface area contributed by atoms with Gasteiger partial charge >= 0.3 is 5.97 Å². The molecule has 2 rings (SSSR count). The number of aryl methyl sites for hydroxylation is 1. The van der Waals surface area contributed by atoms with E-state index in [9.17, 15) is 13.2 Å². The largest absolute Gasteiger partial charge is 0.478 e. The number of sulfonamides is 1. The zero-order chi connectivity index (χ0) is 15.8. The smallest absolute Gasteiger partial charge is 0.335 e. The van der Waals surface area contributed by atoms with Gasteiger partial charge < -0.3 is 10.8 Å². The Morgan fingerprint density at radius 2 is 2.05 bits per heavy atom. The Morgan fingerprint density at radius 3 is 2.62 bits per heavy atom. The second kappa shape index (κ2) is 5.75. The molecular formula is C14H20N2O4S. The van der Waals surface area contributed by atoms with Gasteiger partial charge in [-0.05, 0) is 49.9 Å². The maximum atomic E-state index is 12.8. The average molecular weight is 312 g/mol. The first-order valence-electron chi connectivity index (χ1n) is 6.83. The molecule has 0 aromatic heterocycles. The summed E-state index contributed by atoms with van der Waals surface area (Å²) in [6.07, 6.45) is 1.52. The molecule has 0 radical (unpaired) electrons. The maximum absolute atomic E-state index is 12.8. The van der Waals surface area contributed by atoms with Crippen molar-refractivity contribution in [3.8, 4) is 0 Å². The molecule has 1 atom stereocenters. The van der Waals surface area contributed by atoms with Gasteiger partial charge in [0.25, 0.3) is 0 Å². The summed E-state index contributed by atoms with van der Waals surface area (Å²) in [5.41, 5.74) is 7.06. The van der Waals surface area contributed by atoms with Crippen molar-refractivity contribution in [3.05, 3.63) is 28.8 Å². The van der Waals surface area contributed by atoms with Crippen LogP contribution in [0.15, 0.2) is 17.0 Å². The van der Waals surface area contributed by atoms with Crippen molar-refractivity contribution in [2.45, 2.75) is 37.6 Å². The van der Waals surface area contributed by atoms with Crippen LogP contribution in [0, 0.1) is 13.8 Å². The number of carboxylic acids is 1. The van der Waals surface area contributed by atoms with Crippen molar-refractivity contribution in [1.82, 2.24) is 4.31 Å². The lowest BCUT2D eigenvalue weighted by atomic mass is 10.1. The van der Waals surface area contributed by atoms with Gasteiger partial charge in [-0.2, -0.15) is 4.31 Å². The van der Waals surface area contributed by atoms with Crippen LogP contribution in [0.25, 0.3) is 0 Å². The van der Waals surface area contributed by atoms with Crippen molar-refractivity contribution in [2.75, 3.05) is 13.1 Å². The van der Waals surface area contributed by atoms with Gasteiger partial charge in [-0.25, -0.2) is 13.2 Å². The lowest BCUT2D eigenvalue weighted by molar-refractivity contribution is 0.0696. The van der Waals surface area contributed by atoms with Crippen molar-refractivity contribution < 1.29 is 18.3 Å². The molecule has 1 saturated heterocycles. The number of aromatic carboxylic acids is 1. The number of hydrogen-bond donors (Lipinski definition) is 2. The summed E-state index contributed by atoms with van der Waals surface area (Å²) in [5, 5.41) is 9.11. The van der Waals surface area contributed by atoms with Gasteiger partial charge in [-0.15, -0.1) is 0 Å². The van der Waals surface area contributed by atoms with Crippen molar-refractivity contribution in [2.24, 2.45) is 5.73 Å². The first-order valence-corrected chi connectivity index (χ1v) is 8.27. The molecule has 0 bridgehead atoms. The van der Waals surface area contributed by atoms with E-state index in [1.54, 1.807) is 13.8 Å². The van der Waals surface area contributed by atoms with Crippen LogP contribution in [0.1, 0.15) is 34.3 Å². The molecule has 1 aliphatic heterocycles. The third kappa shape index (κ3) is 3.09. The lowest BCUT2D eigenvalue weighted by Gasteiger charge is -2.30. The molecule has 1 fully saturated rings. The topological polar surface area (TPSA) is 101 Å². The normalized spacial score (nSPS) is 20.4. The van der Waals surface area contributed by atoms with E-state index in [2.05, 4.69) is 0 Å². The Labute approximate surface area is 124 Å². The van der Waals surface area contributed by atoms with E-state index in [0.29, 0.717) is 17.7 Å². The van der Waals surface area contributed by atoms with Crippen LogP contribution in [0.3, 0.4) is 0 Å². The van der Waals surface area contributed by atoms with Crippen LogP contribution in [0.5, 0.6) is 0 Å². The number of nitrogens with two attached hydrogens (primary N) is 1. The Bertz CT molecular complexity index is 670. The fraction of sp³-hybridized carbons (Fsp3) is 0.500. The zero-order valence-corrected chi connectivity index (χ0v) is 13.0. The van der Waals surface area contributed by atoms with E-state index >= 15 is 0 Å². The molecule has 1 unspecified atom stereocenters. The SMILES string of the molecule is Cc1cc(C(=O)O)cc(S(=O)(=O)N2CCCC(N)C2)c1C. The number of piperidine rings is 1. The highest BCUT2D eigenvalue weighted by Crippen LogP contribution is 2.26. The molecule has 6 nitrogen and oxygen atoms in total. The Kier molecular flexibility index (Phi) is 4.36. The molecule has 7 heteroatoms. The average Bonchev–Trinajstić information content (AvgIpc) is 2.41.